The summed E-state index contributed by atoms with van der Waals surface area (Å²) < 4.78 is 5.04. The summed E-state index contributed by atoms with van der Waals surface area (Å²) in [6.45, 7) is 2.11. The van der Waals surface area contributed by atoms with Crippen LogP contribution in [0.15, 0.2) is 48.5 Å². The lowest BCUT2D eigenvalue weighted by atomic mass is 9.92. The quantitative estimate of drug-likeness (QED) is 0.658. The zero-order valence-electron chi connectivity index (χ0n) is 13.2. The van der Waals surface area contributed by atoms with Crippen molar-refractivity contribution < 1.29 is 14.6 Å². The number of carbonyl (C=O) groups is 1. The maximum absolute atomic E-state index is 10.9. The van der Waals surface area contributed by atoms with Crippen LogP contribution in [0, 0.1) is 0 Å². The smallest absolute Gasteiger partial charge is 0.308 e. The minimum absolute atomic E-state index is 0.0789. The molecule has 1 atom stereocenters. The van der Waals surface area contributed by atoms with E-state index in [1.807, 2.05) is 24.3 Å². The number of nitrogens with one attached hydrogen (secondary N) is 1. The van der Waals surface area contributed by atoms with Crippen molar-refractivity contribution in [1.82, 2.24) is 5.32 Å². The summed E-state index contributed by atoms with van der Waals surface area (Å²) in [6, 6.07) is 15.7. The van der Waals surface area contributed by atoms with E-state index in [0.29, 0.717) is 12.3 Å². The van der Waals surface area contributed by atoms with Crippen molar-refractivity contribution in [2.24, 2.45) is 0 Å². The van der Waals surface area contributed by atoms with Crippen LogP contribution < -0.4 is 10.1 Å². The summed E-state index contributed by atoms with van der Waals surface area (Å²) in [5.41, 5.74) is 3.21. The molecule has 0 amide bonds. The lowest BCUT2D eigenvalue weighted by molar-refractivity contribution is -0.131. The van der Waals surface area contributed by atoms with Crippen LogP contribution in [0.2, 0.25) is 0 Å². The summed E-state index contributed by atoms with van der Waals surface area (Å²) in [6.07, 6.45) is 1.88. The number of hydrogen-bond acceptors (Lipinski definition) is 4. The first kappa shape index (κ1) is 15.7. The van der Waals surface area contributed by atoms with E-state index in [1.54, 1.807) is 12.1 Å². The third-order valence-corrected chi connectivity index (χ3v) is 4.44. The molecule has 0 saturated carbocycles. The van der Waals surface area contributed by atoms with E-state index < -0.39 is 0 Å². The Labute approximate surface area is 136 Å². The second kappa shape index (κ2) is 6.52. The Balaban J connectivity index is 1.71. The molecule has 2 N–H and O–H groups in total. The van der Waals surface area contributed by atoms with E-state index in [9.17, 15) is 9.90 Å². The minimum atomic E-state index is -0.370. The van der Waals surface area contributed by atoms with Crippen molar-refractivity contribution in [2.45, 2.75) is 31.8 Å². The summed E-state index contributed by atoms with van der Waals surface area (Å²) in [4.78, 5) is 10.9. The highest BCUT2D eigenvalue weighted by molar-refractivity contribution is 5.69. The zero-order valence-corrected chi connectivity index (χ0v) is 13.2. The molecule has 0 aromatic heterocycles. The summed E-state index contributed by atoms with van der Waals surface area (Å²) in [5, 5.41) is 13.5. The fraction of sp³-hybridized carbons (Fsp3) is 0.316. The van der Waals surface area contributed by atoms with Gasteiger partial charge in [-0.25, -0.2) is 0 Å². The first-order valence-corrected chi connectivity index (χ1v) is 7.85. The van der Waals surface area contributed by atoms with Gasteiger partial charge in [-0.2, -0.15) is 0 Å². The number of esters is 1. The second-order valence-corrected chi connectivity index (χ2v) is 5.99. The first-order chi connectivity index (χ1) is 11.1. The van der Waals surface area contributed by atoms with E-state index in [4.69, 9.17) is 4.74 Å². The van der Waals surface area contributed by atoms with Gasteiger partial charge in [-0.15, -0.1) is 0 Å². The molecule has 1 aliphatic rings. The normalized spacial score (nSPS) is 19.4. The van der Waals surface area contributed by atoms with E-state index in [2.05, 4.69) is 17.4 Å². The van der Waals surface area contributed by atoms with Crippen molar-refractivity contribution in [3.63, 3.8) is 0 Å². The van der Waals surface area contributed by atoms with Crippen LogP contribution in [0.25, 0.3) is 0 Å². The molecule has 0 radical (unpaired) electrons. The van der Waals surface area contributed by atoms with Gasteiger partial charge in [-0.1, -0.05) is 36.4 Å². The van der Waals surface area contributed by atoms with Crippen LogP contribution in [0.1, 0.15) is 30.0 Å². The standard InChI is InChI=1S/C19H21NO3/c1-14(22)23-17-8-6-15(7-9-17)12-20-19(13-21)11-10-16-4-2-3-5-18(16)19/h2-9,20-21H,10-13H2,1H3. The highest BCUT2D eigenvalue weighted by Crippen LogP contribution is 2.36. The summed E-state index contributed by atoms with van der Waals surface area (Å²) >= 11 is 0. The van der Waals surface area contributed by atoms with E-state index in [1.165, 1.54) is 18.1 Å². The third kappa shape index (κ3) is 3.28. The molecule has 0 spiro atoms. The SMILES string of the molecule is CC(=O)Oc1ccc(CNC2(CO)CCc3ccccc32)cc1. The van der Waals surface area contributed by atoms with Crippen LogP contribution >= 0.6 is 0 Å². The first-order valence-electron chi connectivity index (χ1n) is 7.85. The monoisotopic (exact) mass is 311 g/mol. The number of aliphatic hydroxyl groups is 1. The van der Waals surface area contributed by atoms with Crippen LogP contribution in [0.4, 0.5) is 0 Å². The van der Waals surface area contributed by atoms with Crippen molar-refractivity contribution in [3.8, 4) is 5.75 Å². The van der Waals surface area contributed by atoms with Crippen molar-refractivity contribution in [2.75, 3.05) is 6.61 Å². The Bertz CT molecular complexity index is 696. The van der Waals surface area contributed by atoms with Crippen molar-refractivity contribution in [3.05, 3.63) is 65.2 Å². The third-order valence-electron chi connectivity index (χ3n) is 4.44. The molecule has 23 heavy (non-hydrogen) atoms. The van der Waals surface area contributed by atoms with E-state index in [0.717, 1.165) is 18.4 Å². The minimum Gasteiger partial charge on any atom is -0.427 e. The van der Waals surface area contributed by atoms with Gasteiger partial charge in [0.05, 0.1) is 12.1 Å². The van der Waals surface area contributed by atoms with Crippen LogP contribution in [0.3, 0.4) is 0 Å². The number of fused-ring (bicyclic) bond motifs is 1. The molecule has 0 aliphatic heterocycles. The second-order valence-electron chi connectivity index (χ2n) is 5.99. The maximum Gasteiger partial charge on any atom is 0.308 e. The lowest BCUT2D eigenvalue weighted by Gasteiger charge is -2.30. The molecule has 1 aliphatic carbocycles. The Kier molecular flexibility index (Phi) is 4.46. The van der Waals surface area contributed by atoms with Gasteiger partial charge in [-0.05, 0) is 41.7 Å². The van der Waals surface area contributed by atoms with Gasteiger partial charge >= 0.3 is 5.97 Å². The van der Waals surface area contributed by atoms with Crippen LogP contribution in [-0.4, -0.2) is 17.7 Å². The Morgan fingerprint density at radius 1 is 1.22 bits per heavy atom. The largest absolute Gasteiger partial charge is 0.427 e. The number of hydrogen-bond donors (Lipinski definition) is 2. The maximum atomic E-state index is 10.9. The van der Waals surface area contributed by atoms with Gasteiger partial charge in [0.15, 0.2) is 0 Å². The predicted octanol–water partition coefficient (Wildman–Crippen LogP) is 2.54. The number of aliphatic hydroxyl groups excluding tert-OH is 1. The molecular weight excluding hydrogens is 290 g/mol. The molecule has 4 heteroatoms. The van der Waals surface area contributed by atoms with E-state index >= 15 is 0 Å². The van der Waals surface area contributed by atoms with Crippen LogP contribution in [0.5, 0.6) is 5.75 Å². The Morgan fingerprint density at radius 2 is 1.96 bits per heavy atom. The summed E-state index contributed by atoms with van der Waals surface area (Å²) in [5.74, 6) is 0.224. The molecule has 2 aromatic carbocycles. The van der Waals surface area contributed by atoms with Gasteiger partial charge in [0, 0.05) is 13.5 Å². The van der Waals surface area contributed by atoms with Crippen molar-refractivity contribution in [1.29, 1.82) is 0 Å². The molecular formula is C19H21NO3. The average molecular weight is 311 g/mol. The number of benzene rings is 2. The topological polar surface area (TPSA) is 58.6 Å². The number of rotatable bonds is 5. The lowest BCUT2D eigenvalue weighted by Crippen LogP contribution is -2.43. The average Bonchev–Trinajstić information content (AvgIpc) is 2.93. The van der Waals surface area contributed by atoms with Crippen molar-refractivity contribution >= 4 is 5.97 Å². The number of aryl methyl sites for hydroxylation is 1. The van der Waals surface area contributed by atoms with Gasteiger partial charge < -0.3 is 15.2 Å². The molecule has 1 unspecified atom stereocenters. The van der Waals surface area contributed by atoms with Crippen LogP contribution in [-0.2, 0) is 23.3 Å². The molecule has 120 valence electrons. The fourth-order valence-electron chi connectivity index (χ4n) is 3.20. The molecule has 0 fully saturated rings. The molecule has 0 bridgehead atoms. The molecule has 0 saturated heterocycles. The zero-order chi connectivity index (χ0) is 16.3. The van der Waals surface area contributed by atoms with Gasteiger partial charge in [0.25, 0.3) is 0 Å². The fourth-order valence-corrected chi connectivity index (χ4v) is 3.20. The van der Waals surface area contributed by atoms with Gasteiger partial charge in [-0.3, -0.25) is 4.79 Å². The highest BCUT2D eigenvalue weighted by atomic mass is 16.5. The Hall–Kier alpha value is -2.17. The Morgan fingerprint density at radius 3 is 2.65 bits per heavy atom. The number of carbonyl (C=O) groups excluding carboxylic acids is 1. The summed E-state index contributed by atoms with van der Waals surface area (Å²) in [7, 11) is 0. The predicted molar refractivity (Wildman–Crippen MR) is 88.1 cm³/mol. The molecule has 3 rings (SSSR count). The molecule has 0 heterocycles. The molecule has 2 aromatic rings. The van der Waals surface area contributed by atoms with E-state index in [-0.39, 0.29) is 18.1 Å². The highest BCUT2D eigenvalue weighted by Gasteiger charge is 2.37. The molecule has 4 nitrogen and oxygen atoms in total. The number of ether oxygens (including phenoxy) is 1. The van der Waals surface area contributed by atoms with Gasteiger partial charge in [0.1, 0.15) is 5.75 Å². The van der Waals surface area contributed by atoms with Gasteiger partial charge in [0.2, 0.25) is 0 Å².